The number of nitrogens with zero attached hydrogens (tertiary/aromatic N) is 1. The Hall–Kier alpha value is -2.35. The molecule has 0 spiro atoms. The SMILES string of the molecule is CC(C1CC1)N(C(=O)C=Cc1ccccc1)c1ccccc1. The van der Waals surface area contributed by atoms with E-state index in [0.29, 0.717) is 5.92 Å². The van der Waals surface area contributed by atoms with E-state index in [-0.39, 0.29) is 11.9 Å². The quantitative estimate of drug-likeness (QED) is 0.741. The zero-order valence-corrected chi connectivity index (χ0v) is 12.9. The first-order valence-electron chi connectivity index (χ1n) is 7.87. The minimum atomic E-state index is 0.0504. The van der Waals surface area contributed by atoms with Crippen molar-refractivity contribution in [1.82, 2.24) is 0 Å². The zero-order chi connectivity index (χ0) is 15.4. The lowest BCUT2D eigenvalue weighted by atomic mass is 10.1. The highest BCUT2D eigenvalue weighted by Crippen LogP contribution is 2.37. The fourth-order valence-corrected chi connectivity index (χ4v) is 2.75. The van der Waals surface area contributed by atoms with Crippen molar-refractivity contribution in [2.24, 2.45) is 5.92 Å². The summed E-state index contributed by atoms with van der Waals surface area (Å²) < 4.78 is 0. The average molecular weight is 291 g/mol. The van der Waals surface area contributed by atoms with Crippen LogP contribution in [0.25, 0.3) is 6.08 Å². The summed E-state index contributed by atoms with van der Waals surface area (Å²) in [5, 5.41) is 0. The third-order valence-corrected chi connectivity index (χ3v) is 4.20. The van der Waals surface area contributed by atoms with E-state index >= 15 is 0 Å². The molecule has 0 aliphatic heterocycles. The minimum absolute atomic E-state index is 0.0504. The van der Waals surface area contributed by atoms with E-state index in [4.69, 9.17) is 0 Å². The van der Waals surface area contributed by atoms with Crippen LogP contribution in [0.2, 0.25) is 0 Å². The Morgan fingerprint density at radius 3 is 2.23 bits per heavy atom. The molecular weight excluding hydrogens is 270 g/mol. The van der Waals surface area contributed by atoms with Crippen molar-refractivity contribution in [2.75, 3.05) is 4.90 Å². The molecule has 1 atom stereocenters. The van der Waals surface area contributed by atoms with Gasteiger partial charge in [-0.3, -0.25) is 4.79 Å². The van der Waals surface area contributed by atoms with Gasteiger partial charge in [0.05, 0.1) is 0 Å². The van der Waals surface area contributed by atoms with Crippen LogP contribution in [0.3, 0.4) is 0 Å². The highest BCUT2D eigenvalue weighted by Gasteiger charge is 2.34. The van der Waals surface area contributed by atoms with Crippen LogP contribution in [0.5, 0.6) is 0 Å². The molecule has 2 aromatic rings. The lowest BCUT2D eigenvalue weighted by Gasteiger charge is -2.28. The van der Waals surface area contributed by atoms with Crippen LogP contribution in [0.4, 0.5) is 5.69 Å². The molecule has 1 aliphatic rings. The monoisotopic (exact) mass is 291 g/mol. The van der Waals surface area contributed by atoms with Crippen molar-refractivity contribution < 1.29 is 4.79 Å². The highest BCUT2D eigenvalue weighted by molar-refractivity contribution is 6.04. The molecule has 1 unspecified atom stereocenters. The molecule has 1 fully saturated rings. The Bertz CT molecular complexity index is 644. The molecule has 2 heteroatoms. The molecule has 0 N–H and O–H groups in total. The molecule has 0 radical (unpaired) electrons. The van der Waals surface area contributed by atoms with Gasteiger partial charge in [-0.25, -0.2) is 0 Å². The van der Waals surface area contributed by atoms with E-state index in [0.717, 1.165) is 11.3 Å². The molecule has 3 rings (SSSR count). The average Bonchev–Trinajstić information content (AvgIpc) is 3.40. The summed E-state index contributed by atoms with van der Waals surface area (Å²) in [4.78, 5) is 14.7. The van der Waals surface area contributed by atoms with E-state index in [1.165, 1.54) is 12.8 Å². The Balaban J connectivity index is 1.82. The molecule has 1 saturated carbocycles. The topological polar surface area (TPSA) is 20.3 Å². The van der Waals surface area contributed by atoms with Gasteiger partial charge in [0.1, 0.15) is 0 Å². The molecule has 0 heterocycles. The molecule has 0 bridgehead atoms. The number of benzene rings is 2. The van der Waals surface area contributed by atoms with Gasteiger partial charge in [-0.1, -0.05) is 48.5 Å². The van der Waals surface area contributed by atoms with Crippen LogP contribution in [-0.4, -0.2) is 11.9 Å². The maximum atomic E-state index is 12.7. The van der Waals surface area contributed by atoms with Gasteiger partial charge in [0, 0.05) is 17.8 Å². The summed E-state index contributed by atoms with van der Waals surface area (Å²) in [6.45, 7) is 2.15. The first-order valence-corrected chi connectivity index (χ1v) is 7.87. The van der Waals surface area contributed by atoms with Crippen molar-refractivity contribution in [3.05, 3.63) is 72.3 Å². The zero-order valence-electron chi connectivity index (χ0n) is 12.9. The summed E-state index contributed by atoms with van der Waals surface area (Å²) in [6, 6.07) is 20.1. The van der Waals surface area contributed by atoms with Crippen molar-refractivity contribution in [3.8, 4) is 0 Å². The predicted molar refractivity (Wildman–Crippen MR) is 91.6 cm³/mol. The van der Waals surface area contributed by atoms with Gasteiger partial charge < -0.3 is 4.90 Å². The third kappa shape index (κ3) is 3.45. The molecule has 1 aliphatic carbocycles. The van der Waals surface area contributed by atoms with Gasteiger partial charge in [-0.15, -0.1) is 0 Å². The first-order chi connectivity index (χ1) is 10.8. The second kappa shape index (κ2) is 6.61. The number of para-hydroxylation sites is 1. The number of amides is 1. The normalized spacial score (nSPS) is 15.7. The van der Waals surface area contributed by atoms with E-state index in [9.17, 15) is 4.79 Å². The Morgan fingerprint density at radius 2 is 1.64 bits per heavy atom. The number of carbonyl (C=O) groups is 1. The van der Waals surface area contributed by atoms with Crippen molar-refractivity contribution in [3.63, 3.8) is 0 Å². The van der Waals surface area contributed by atoms with Crippen LogP contribution < -0.4 is 4.90 Å². The summed E-state index contributed by atoms with van der Waals surface area (Å²) >= 11 is 0. The number of rotatable bonds is 5. The lowest BCUT2D eigenvalue weighted by Crippen LogP contribution is -2.39. The summed E-state index contributed by atoms with van der Waals surface area (Å²) in [7, 11) is 0. The third-order valence-electron chi connectivity index (χ3n) is 4.20. The Morgan fingerprint density at radius 1 is 1.05 bits per heavy atom. The van der Waals surface area contributed by atoms with E-state index in [1.807, 2.05) is 71.6 Å². The van der Waals surface area contributed by atoms with Gasteiger partial charge in [-0.2, -0.15) is 0 Å². The van der Waals surface area contributed by atoms with Gasteiger partial charge in [0.25, 0.3) is 5.91 Å². The minimum Gasteiger partial charge on any atom is -0.306 e. The molecular formula is C20H21NO. The number of hydrogen-bond donors (Lipinski definition) is 0. The van der Waals surface area contributed by atoms with Crippen LogP contribution in [0.1, 0.15) is 25.3 Å². The molecule has 0 aromatic heterocycles. The summed E-state index contributed by atoms with van der Waals surface area (Å²) in [5.41, 5.74) is 2.02. The largest absolute Gasteiger partial charge is 0.306 e. The van der Waals surface area contributed by atoms with Crippen molar-refractivity contribution >= 4 is 17.7 Å². The summed E-state index contributed by atoms with van der Waals surface area (Å²) in [6.07, 6.45) is 6.01. The molecule has 2 aromatic carbocycles. The molecule has 22 heavy (non-hydrogen) atoms. The molecule has 1 amide bonds. The molecule has 2 nitrogen and oxygen atoms in total. The highest BCUT2D eigenvalue weighted by atomic mass is 16.2. The van der Waals surface area contributed by atoms with Crippen LogP contribution in [0, 0.1) is 5.92 Å². The van der Waals surface area contributed by atoms with Gasteiger partial charge in [-0.05, 0) is 49.5 Å². The number of carbonyl (C=O) groups excluding carboxylic acids is 1. The van der Waals surface area contributed by atoms with Gasteiger partial charge >= 0.3 is 0 Å². The Labute approximate surface area is 132 Å². The van der Waals surface area contributed by atoms with Gasteiger partial charge in [0.15, 0.2) is 0 Å². The number of anilines is 1. The van der Waals surface area contributed by atoms with Crippen LogP contribution >= 0.6 is 0 Å². The van der Waals surface area contributed by atoms with E-state index in [2.05, 4.69) is 6.92 Å². The van der Waals surface area contributed by atoms with Crippen molar-refractivity contribution in [2.45, 2.75) is 25.8 Å². The van der Waals surface area contributed by atoms with E-state index < -0.39 is 0 Å². The summed E-state index contributed by atoms with van der Waals surface area (Å²) in [5.74, 6) is 0.684. The fraction of sp³-hybridized carbons (Fsp3) is 0.250. The smallest absolute Gasteiger partial charge is 0.251 e. The lowest BCUT2D eigenvalue weighted by molar-refractivity contribution is -0.114. The molecule has 0 saturated heterocycles. The predicted octanol–water partition coefficient (Wildman–Crippen LogP) is 4.53. The van der Waals surface area contributed by atoms with Gasteiger partial charge in [0.2, 0.25) is 0 Å². The first kappa shape index (κ1) is 14.6. The number of hydrogen-bond acceptors (Lipinski definition) is 1. The molecule has 112 valence electrons. The van der Waals surface area contributed by atoms with E-state index in [1.54, 1.807) is 6.08 Å². The van der Waals surface area contributed by atoms with Crippen molar-refractivity contribution in [1.29, 1.82) is 0 Å². The fourth-order valence-electron chi connectivity index (χ4n) is 2.75. The second-order valence-corrected chi connectivity index (χ2v) is 5.87. The standard InChI is InChI=1S/C20H21NO/c1-16(18-13-14-18)21(19-10-6-3-7-11-19)20(22)15-12-17-8-4-2-5-9-17/h2-12,15-16,18H,13-14H2,1H3. The van der Waals surface area contributed by atoms with Crippen LogP contribution in [0.15, 0.2) is 66.7 Å². The van der Waals surface area contributed by atoms with Crippen LogP contribution in [-0.2, 0) is 4.79 Å². The Kier molecular flexibility index (Phi) is 4.38. The maximum absolute atomic E-state index is 12.7. The maximum Gasteiger partial charge on any atom is 0.251 e. The second-order valence-electron chi connectivity index (χ2n) is 5.87.